The molecule has 1 aliphatic rings. The van der Waals surface area contributed by atoms with Gasteiger partial charge in [0.05, 0.1) is 6.04 Å². The van der Waals surface area contributed by atoms with E-state index in [1.165, 1.54) is 0 Å². The van der Waals surface area contributed by atoms with Crippen LogP contribution in [0.4, 0.5) is 19.0 Å². The Bertz CT molecular complexity index is 753. The zero-order chi connectivity index (χ0) is 17.5. The molecule has 0 spiro atoms. The van der Waals surface area contributed by atoms with Gasteiger partial charge in [0.15, 0.2) is 11.7 Å². The fourth-order valence-electron chi connectivity index (χ4n) is 2.88. The molecule has 0 saturated heterocycles. The van der Waals surface area contributed by atoms with E-state index in [1.54, 1.807) is 12.1 Å². The Morgan fingerprint density at radius 2 is 2.04 bits per heavy atom. The number of fused-ring (bicyclic) bond motifs is 1. The number of hydrogen-bond acceptors (Lipinski definition) is 3. The summed E-state index contributed by atoms with van der Waals surface area (Å²) in [7, 11) is 0. The maximum absolute atomic E-state index is 13.4. The molecule has 0 amide bonds. The van der Waals surface area contributed by atoms with Gasteiger partial charge in [0.1, 0.15) is 5.82 Å². The summed E-state index contributed by atoms with van der Waals surface area (Å²) in [5.74, 6) is -1.30. The third-order valence-electron chi connectivity index (χ3n) is 4.20. The number of nitrogens with zero attached hydrogens (tertiary/aromatic N) is 2. The van der Waals surface area contributed by atoms with Gasteiger partial charge in [0.25, 0.3) is 0 Å². The number of halogens is 3. The Hall–Kier alpha value is -2.51. The van der Waals surface area contributed by atoms with Crippen molar-refractivity contribution in [3.63, 3.8) is 0 Å². The van der Waals surface area contributed by atoms with Crippen LogP contribution in [-0.4, -0.2) is 27.0 Å². The number of hydrogen-bond donors (Lipinski definition) is 2. The van der Waals surface area contributed by atoms with E-state index in [1.807, 2.05) is 19.1 Å². The predicted octanol–water partition coefficient (Wildman–Crippen LogP) is 3.80. The standard InChI is InChI=1S/C16H16F3N3O2/c1-2-9-3-5-10(6-4-9)11-7-13(16(17,18)19)22-14(20-11)8-12(21-22)15(23)24/h3-6,8,11,13,20H,2,7H2,1H3,(H,23,24). The molecular formula is C16H16F3N3O2. The highest BCUT2D eigenvalue weighted by Crippen LogP contribution is 2.43. The maximum atomic E-state index is 13.4. The fourth-order valence-corrected chi connectivity index (χ4v) is 2.88. The van der Waals surface area contributed by atoms with Crippen molar-refractivity contribution < 1.29 is 23.1 Å². The first-order valence-electron chi connectivity index (χ1n) is 7.54. The van der Waals surface area contributed by atoms with Crippen molar-refractivity contribution in [2.45, 2.75) is 38.0 Å². The van der Waals surface area contributed by atoms with Crippen molar-refractivity contribution in [3.05, 3.63) is 47.2 Å². The van der Waals surface area contributed by atoms with Crippen molar-refractivity contribution in [2.24, 2.45) is 0 Å². The second-order valence-corrected chi connectivity index (χ2v) is 5.75. The molecule has 2 aromatic rings. The lowest BCUT2D eigenvalue weighted by Crippen LogP contribution is -2.35. The molecule has 2 heterocycles. The zero-order valence-electron chi connectivity index (χ0n) is 12.8. The van der Waals surface area contributed by atoms with E-state index in [4.69, 9.17) is 5.11 Å². The van der Waals surface area contributed by atoms with Crippen molar-refractivity contribution >= 4 is 11.8 Å². The van der Waals surface area contributed by atoms with E-state index in [0.717, 1.165) is 28.3 Å². The molecule has 128 valence electrons. The SMILES string of the molecule is CCc1ccc(C2CC(C(F)(F)F)n3nc(C(=O)O)cc3N2)cc1. The summed E-state index contributed by atoms with van der Waals surface area (Å²) in [5, 5.41) is 15.5. The molecule has 5 nitrogen and oxygen atoms in total. The van der Waals surface area contributed by atoms with E-state index in [-0.39, 0.29) is 12.2 Å². The number of alkyl halides is 3. The first kappa shape index (κ1) is 16.4. The van der Waals surface area contributed by atoms with E-state index in [0.29, 0.717) is 0 Å². The molecule has 0 radical (unpaired) electrons. The summed E-state index contributed by atoms with van der Waals surface area (Å²) < 4.78 is 40.9. The molecule has 1 aliphatic heterocycles. The smallest absolute Gasteiger partial charge is 0.410 e. The second kappa shape index (κ2) is 5.85. The van der Waals surface area contributed by atoms with Crippen molar-refractivity contribution in [2.75, 3.05) is 5.32 Å². The van der Waals surface area contributed by atoms with Gasteiger partial charge in [-0.15, -0.1) is 0 Å². The van der Waals surface area contributed by atoms with Crippen LogP contribution in [0.5, 0.6) is 0 Å². The minimum atomic E-state index is -4.51. The third kappa shape index (κ3) is 2.95. The summed E-state index contributed by atoms with van der Waals surface area (Å²) in [6, 6.07) is 6.07. The number of aromatic carboxylic acids is 1. The lowest BCUT2D eigenvalue weighted by atomic mass is 9.96. The number of benzene rings is 1. The van der Waals surface area contributed by atoms with Gasteiger partial charge in [-0.3, -0.25) is 0 Å². The topological polar surface area (TPSA) is 67.2 Å². The Labute approximate surface area is 136 Å². The largest absolute Gasteiger partial charge is 0.476 e. The molecule has 0 saturated carbocycles. The van der Waals surface area contributed by atoms with Crippen LogP contribution < -0.4 is 5.32 Å². The molecular weight excluding hydrogens is 323 g/mol. The van der Waals surface area contributed by atoms with Gasteiger partial charge in [-0.1, -0.05) is 31.2 Å². The van der Waals surface area contributed by atoms with E-state index in [9.17, 15) is 18.0 Å². The number of carbonyl (C=O) groups is 1. The predicted molar refractivity (Wildman–Crippen MR) is 81.1 cm³/mol. The fraction of sp³-hybridized carbons (Fsp3) is 0.375. The normalized spacial score (nSPS) is 20.3. The molecule has 24 heavy (non-hydrogen) atoms. The van der Waals surface area contributed by atoms with Crippen molar-refractivity contribution in [1.82, 2.24) is 9.78 Å². The number of nitrogens with one attached hydrogen (secondary N) is 1. The van der Waals surface area contributed by atoms with Crippen LogP contribution >= 0.6 is 0 Å². The van der Waals surface area contributed by atoms with Gasteiger partial charge in [0.2, 0.25) is 0 Å². The van der Waals surface area contributed by atoms with Gasteiger partial charge in [0, 0.05) is 12.5 Å². The van der Waals surface area contributed by atoms with Gasteiger partial charge in [-0.05, 0) is 17.5 Å². The molecule has 3 rings (SSSR count). The van der Waals surface area contributed by atoms with Crippen LogP contribution in [0.3, 0.4) is 0 Å². The van der Waals surface area contributed by atoms with Crippen LogP contribution in [0.1, 0.15) is 47.0 Å². The maximum Gasteiger partial charge on any atom is 0.410 e. The van der Waals surface area contributed by atoms with E-state index in [2.05, 4.69) is 10.4 Å². The molecule has 0 bridgehead atoms. The van der Waals surface area contributed by atoms with Crippen LogP contribution in [0.15, 0.2) is 30.3 Å². The van der Waals surface area contributed by atoms with Crippen LogP contribution in [-0.2, 0) is 6.42 Å². The lowest BCUT2D eigenvalue weighted by molar-refractivity contribution is -0.173. The van der Waals surface area contributed by atoms with Crippen molar-refractivity contribution in [1.29, 1.82) is 0 Å². The van der Waals surface area contributed by atoms with E-state index >= 15 is 0 Å². The molecule has 8 heteroatoms. The highest BCUT2D eigenvalue weighted by molar-refractivity contribution is 5.86. The Kier molecular flexibility index (Phi) is 3.98. The van der Waals surface area contributed by atoms with E-state index < -0.39 is 29.9 Å². The summed E-state index contributed by atoms with van der Waals surface area (Å²) >= 11 is 0. The average molecular weight is 339 g/mol. The molecule has 2 N–H and O–H groups in total. The molecule has 1 aromatic heterocycles. The molecule has 0 aliphatic carbocycles. The number of carboxylic acids is 1. The third-order valence-corrected chi connectivity index (χ3v) is 4.20. The Morgan fingerprint density at radius 3 is 2.58 bits per heavy atom. The number of aryl methyl sites for hydroxylation is 1. The summed E-state index contributed by atoms with van der Waals surface area (Å²) in [5.41, 5.74) is 1.42. The Balaban J connectivity index is 1.98. The first-order valence-corrected chi connectivity index (χ1v) is 7.54. The summed E-state index contributed by atoms with van der Waals surface area (Å²) in [4.78, 5) is 11.0. The van der Waals surface area contributed by atoms with Crippen LogP contribution in [0.2, 0.25) is 0 Å². The van der Waals surface area contributed by atoms with Crippen LogP contribution in [0.25, 0.3) is 0 Å². The molecule has 0 fully saturated rings. The van der Waals surface area contributed by atoms with Gasteiger partial charge in [-0.2, -0.15) is 18.3 Å². The minimum Gasteiger partial charge on any atom is -0.476 e. The molecule has 2 atom stereocenters. The summed E-state index contributed by atoms with van der Waals surface area (Å²) in [6.45, 7) is 2.00. The molecule has 1 aromatic carbocycles. The minimum absolute atomic E-state index is 0.0607. The highest BCUT2D eigenvalue weighted by Gasteiger charge is 2.46. The lowest BCUT2D eigenvalue weighted by Gasteiger charge is -2.33. The highest BCUT2D eigenvalue weighted by atomic mass is 19.4. The summed E-state index contributed by atoms with van der Waals surface area (Å²) in [6.07, 6.45) is -3.92. The number of carboxylic acid groups (broad SMARTS) is 1. The Morgan fingerprint density at radius 1 is 1.38 bits per heavy atom. The van der Waals surface area contributed by atoms with Gasteiger partial charge < -0.3 is 10.4 Å². The zero-order valence-corrected chi connectivity index (χ0v) is 12.8. The second-order valence-electron chi connectivity index (χ2n) is 5.75. The van der Waals surface area contributed by atoms with Crippen molar-refractivity contribution in [3.8, 4) is 0 Å². The van der Waals surface area contributed by atoms with Crippen LogP contribution in [0, 0.1) is 0 Å². The number of rotatable bonds is 3. The first-order chi connectivity index (χ1) is 11.3. The molecule has 2 unspecified atom stereocenters. The number of anilines is 1. The monoisotopic (exact) mass is 339 g/mol. The number of aromatic nitrogens is 2. The van der Waals surface area contributed by atoms with Gasteiger partial charge >= 0.3 is 12.1 Å². The van der Waals surface area contributed by atoms with Gasteiger partial charge in [-0.25, -0.2) is 9.48 Å². The average Bonchev–Trinajstić information content (AvgIpc) is 2.97. The quantitative estimate of drug-likeness (QED) is 0.892.